The Morgan fingerprint density at radius 2 is 1.97 bits per heavy atom. The molecule has 2 atom stereocenters. The molecule has 2 aliphatic rings. The molecular weight excluding hydrogens is 482 g/mol. The van der Waals surface area contributed by atoms with Crippen LogP contribution in [0.1, 0.15) is 38.2 Å². The zero-order chi connectivity index (χ0) is 24.4. The number of benzene rings is 2. The number of ether oxygens (including phenoxy) is 1. The summed E-state index contributed by atoms with van der Waals surface area (Å²) in [4.78, 5) is 20.9. The number of sulfonamides is 1. The van der Waals surface area contributed by atoms with E-state index in [4.69, 9.17) is 9.72 Å². The van der Waals surface area contributed by atoms with Crippen LogP contribution in [-0.4, -0.2) is 56.0 Å². The third kappa shape index (κ3) is 5.00. The van der Waals surface area contributed by atoms with E-state index in [9.17, 15) is 13.2 Å². The summed E-state index contributed by atoms with van der Waals surface area (Å²) in [6.45, 7) is 3.87. The number of rotatable bonds is 7. The van der Waals surface area contributed by atoms with Gasteiger partial charge in [0.25, 0.3) is 0 Å². The Kier molecular flexibility index (Phi) is 7.20. The molecule has 5 rings (SSSR count). The van der Waals surface area contributed by atoms with Crippen LogP contribution >= 0.6 is 11.3 Å². The van der Waals surface area contributed by atoms with E-state index in [1.165, 1.54) is 15.6 Å². The van der Waals surface area contributed by atoms with Crippen molar-refractivity contribution in [3.8, 4) is 0 Å². The summed E-state index contributed by atoms with van der Waals surface area (Å²) in [7, 11) is -3.65. The van der Waals surface area contributed by atoms with Crippen molar-refractivity contribution in [3.05, 3.63) is 54.1 Å². The highest BCUT2D eigenvalue weighted by molar-refractivity contribution is 7.89. The van der Waals surface area contributed by atoms with Crippen LogP contribution in [0.25, 0.3) is 10.2 Å². The van der Waals surface area contributed by atoms with Gasteiger partial charge in [0.15, 0.2) is 5.13 Å². The molecule has 0 aliphatic carbocycles. The maximum absolute atomic E-state index is 13.9. The molecule has 0 N–H and O–H groups in total. The minimum atomic E-state index is -3.65. The first-order valence-corrected chi connectivity index (χ1v) is 14.6. The molecule has 1 amide bonds. The molecule has 0 saturated carbocycles. The molecule has 35 heavy (non-hydrogen) atoms. The number of carbonyl (C=O) groups excluding carboxylic acids is 1. The van der Waals surface area contributed by atoms with E-state index in [1.807, 2.05) is 12.1 Å². The predicted octanol–water partition coefficient (Wildman–Crippen LogP) is 4.47. The fraction of sp³-hybridized carbons (Fsp3) is 0.462. The van der Waals surface area contributed by atoms with Crippen molar-refractivity contribution in [1.29, 1.82) is 0 Å². The Hall–Kier alpha value is -2.33. The number of para-hydroxylation sites is 1. The fourth-order valence-electron chi connectivity index (χ4n) is 4.97. The second kappa shape index (κ2) is 10.3. The number of aryl methyl sites for hydroxylation is 1. The van der Waals surface area contributed by atoms with Crippen molar-refractivity contribution in [1.82, 2.24) is 9.29 Å². The van der Waals surface area contributed by atoms with Gasteiger partial charge in [-0.1, -0.05) is 48.6 Å². The summed E-state index contributed by atoms with van der Waals surface area (Å²) < 4.78 is 34.9. The summed E-state index contributed by atoms with van der Waals surface area (Å²) in [6.07, 6.45) is 4.05. The lowest BCUT2D eigenvalue weighted by Gasteiger charge is -2.34. The lowest BCUT2D eigenvalue weighted by Crippen LogP contribution is -2.48. The zero-order valence-corrected chi connectivity index (χ0v) is 21.6. The Bertz CT molecular complexity index is 1290. The number of amides is 1. The van der Waals surface area contributed by atoms with Crippen LogP contribution in [0.4, 0.5) is 5.13 Å². The third-order valence-electron chi connectivity index (χ3n) is 6.89. The number of carbonyl (C=O) groups is 1. The van der Waals surface area contributed by atoms with E-state index in [2.05, 4.69) is 13.0 Å². The quantitative estimate of drug-likeness (QED) is 0.466. The third-order valence-corrected chi connectivity index (χ3v) is 9.82. The predicted molar refractivity (Wildman–Crippen MR) is 138 cm³/mol. The van der Waals surface area contributed by atoms with Gasteiger partial charge >= 0.3 is 0 Å². The van der Waals surface area contributed by atoms with Crippen LogP contribution in [0.3, 0.4) is 0 Å². The van der Waals surface area contributed by atoms with Gasteiger partial charge in [-0.3, -0.25) is 9.69 Å². The first kappa shape index (κ1) is 24.4. The molecule has 9 heteroatoms. The number of fused-ring (bicyclic) bond motifs is 1. The maximum atomic E-state index is 13.9. The smallest absolute Gasteiger partial charge is 0.243 e. The average molecular weight is 514 g/mol. The van der Waals surface area contributed by atoms with Gasteiger partial charge in [0.05, 0.1) is 33.7 Å². The average Bonchev–Trinajstić information content (AvgIpc) is 3.57. The van der Waals surface area contributed by atoms with Gasteiger partial charge in [-0.05, 0) is 55.9 Å². The second-order valence-corrected chi connectivity index (χ2v) is 12.2. The van der Waals surface area contributed by atoms with Crippen LogP contribution in [0.5, 0.6) is 0 Å². The van der Waals surface area contributed by atoms with E-state index in [0.717, 1.165) is 35.0 Å². The Balaban J connectivity index is 1.43. The van der Waals surface area contributed by atoms with E-state index < -0.39 is 15.9 Å². The molecule has 3 heterocycles. The van der Waals surface area contributed by atoms with Gasteiger partial charge < -0.3 is 4.74 Å². The number of aromatic nitrogens is 1. The summed E-state index contributed by atoms with van der Waals surface area (Å²) >= 11 is 1.52. The number of nitrogens with zero attached hydrogens (tertiary/aromatic N) is 3. The second-order valence-electron chi connectivity index (χ2n) is 9.21. The standard InChI is InChI=1S/C26H31N3O4S2/c1-2-19-9-6-14-23-24(19)27-26(34-23)29(18-21-11-8-16-33-21)25(30)20-10-7-15-28(17-20)35(31,32)22-12-4-3-5-13-22/h3-6,9,12-14,20-21H,2,7-8,10-11,15-18H2,1H3. The monoisotopic (exact) mass is 513 g/mol. The van der Waals surface area contributed by atoms with Crippen LogP contribution in [0.2, 0.25) is 0 Å². The molecule has 2 aliphatic heterocycles. The molecule has 2 fully saturated rings. The lowest BCUT2D eigenvalue weighted by molar-refractivity contribution is -0.123. The van der Waals surface area contributed by atoms with Crippen LogP contribution in [0, 0.1) is 5.92 Å². The largest absolute Gasteiger partial charge is 0.376 e. The fourth-order valence-corrected chi connectivity index (χ4v) is 7.55. The maximum Gasteiger partial charge on any atom is 0.243 e. The number of anilines is 1. The highest BCUT2D eigenvalue weighted by Crippen LogP contribution is 2.34. The zero-order valence-electron chi connectivity index (χ0n) is 19.9. The van der Waals surface area contributed by atoms with Gasteiger partial charge in [-0.2, -0.15) is 4.31 Å². The molecule has 2 unspecified atom stereocenters. The summed E-state index contributed by atoms with van der Waals surface area (Å²) in [5.41, 5.74) is 2.10. The minimum Gasteiger partial charge on any atom is -0.376 e. The van der Waals surface area contributed by atoms with Crippen molar-refractivity contribution in [3.63, 3.8) is 0 Å². The number of piperidine rings is 1. The first-order chi connectivity index (χ1) is 17.0. The van der Waals surface area contributed by atoms with Crippen molar-refractivity contribution in [2.75, 3.05) is 31.1 Å². The SMILES string of the molecule is CCc1cccc2sc(N(CC3CCCO3)C(=O)C3CCCN(S(=O)(=O)c4ccccc4)C3)nc12. The topological polar surface area (TPSA) is 79.8 Å². The molecular formula is C26H31N3O4S2. The first-order valence-electron chi connectivity index (χ1n) is 12.3. The Morgan fingerprint density at radius 3 is 2.71 bits per heavy atom. The minimum absolute atomic E-state index is 0.0237. The summed E-state index contributed by atoms with van der Waals surface area (Å²) in [5, 5.41) is 0.671. The van der Waals surface area contributed by atoms with Gasteiger partial charge in [0, 0.05) is 19.7 Å². The van der Waals surface area contributed by atoms with Crippen molar-refractivity contribution in [2.24, 2.45) is 5.92 Å². The lowest BCUT2D eigenvalue weighted by atomic mass is 9.98. The van der Waals surface area contributed by atoms with Crippen molar-refractivity contribution >= 4 is 42.6 Å². The summed E-state index contributed by atoms with van der Waals surface area (Å²) in [6, 6.07) is 14.6. The molecule has 1 aromatic heterocycles. The van der Waals surface area contributed by atoms with Crippen LogP contribution in [0.15, 0.2) is 53.4 Å². The van der Waals surface area contributed by atoms with Gasteiger partial charge in [0.2, 0.25) is 15.9 Å². The number of hydrogen-bond acceptors (Lipinski definition) is 6. The molecule has 186 valence electrons. The van der Waals surface area contributed by atoms with E-state index in [1.54, 1.807) is 35.2 Å². The molecule has 0 spiro atoms. The van der Waals surface area contributed by atoms with E-state index in [-0.39, 0.29) is 23.5 Å². The van der Waals surface area contributed by atoms with Crippen LogP contribution < -0.4 is 4.90 Å². The van der Waals surface area contributed by atoms with Crippen LogP contribution in [-0.2, 0) is 26.0 Å². The number of hydrogen-bond donors (Lipinski definition) is 0. The Labute approximate surface area is 210 Å². The molecule has 3 aromatic rings. The highest BCUT2D eigenvalue weighted by Gasteiger charge is 2.37. The molecule has 2 aromatic carbocycles. The molecule has 0 bridgehead atoms. The van der Waals surface area contributed by atoms with E-state index in [0.29, 0.717) is 37.7 Å². The van der Waals surface area contributed by atoms with E-state index >= 15 is 0 Å². The molecule has 7 nitrogen and oxygen atoms in total. The Morgan fingerprint density at radius 1 is 1.14 bits per heavy atom. The van der Waals surface area contributed by atoms with Gasteiger partial charge in [0.1, 0.15) is 0 Å². The molecule has 0 radical (unpaired) electrons. The van der Waals surface area contributed by atoms with Crippen molar-refractivity contribution < 1.29 is 17.9 Å². The highest BCUT2D eigenvalue weighted by atomic mass is 32.2. The number of thiazole rings is 1. The van der Waals surface area contributed by atoms with Crippen molar-refractivity contribution in [2.45, 2.75) is 50.0 Å². The van der Waals surface area contributed by atoms with Gasteiger partial charge in [-0.15, -0.1) is 0 Å². The summed E-state index contributed by atoms with van der Waals surface area (Å²) in [5.74, 6) is -0.480. The normalized spacial score (nSPS) is 21.4. The van der Waals surface area contributed by atoms with Gasteiger partial charge in [-0.25, -0.2) is 13.4 Å². The molecule has 2 saturated heterocycles.